The monoisotopic (exact) mass is 806 g/mol. The molecule has 0 aromatic heterocycles. The summed E-state index contributed by atoms with van der Waals surface area (Å²) in [5, 5.41) is 44.1. The van der Waals surface area contributed by atoms with Gasteiger partial charge in [-0.25, -0.2) is 4.79 Å². The number of carbonyl (C=O) groups excluding carboxylic acids is 6. The zero-order valence-corrected chi connectivity index (χ0v) is 33.7. The third-order valence-electron chi connectivity index (χ3n) is 8.69. The van der Waals surface area contributed by atoms with Crippen LogP contribution in [0.15, 0.2) is 29.3 Å². The lowest BCUT2D eigenvalue weighted by Crippen LogP contribution is -2.61. The quantitative estimate of drug-likeness (QED) is 0.0297. The van der Waals surface area contributed by atoms with Crippen LogP contribution >= 0.6 is 0 Å². The van der Waals surface area contributed by atoms with Crippen LogP contribution in [0.1, 0.15) is 73.3 Å². The van der Waals surface area contributed by atoms with Crippen molar-refractivity contribution in [3.63, 3.8) is 0 Å². The standard InChI is InChI=1S/C37H62N10O10/c1-18(2)15-26(33(53)43-25(36(56)57)9-8-14-41-37(39)40)44-30(50)21(7)42-32(52)27(16-22-10-12-23(49)13-11-22)45-34(54)28(19(3)4)47-35(55)29(20(5)6)46-31(51)24(38)17-48/h10-13,18-21,24-29,48-49H,8-9,14-17,38H2,1-7H3,(H,42,52)(H,43,53)(H,44,50)(H,45,54)(H,46,51)(H,47,55)(H,56,57)(H4,39,40,41)/t21-,24-,25-,26-,27-,28-,29-/m0/s1. The number of aliphatic hydroxyl groups is 1. The van der Waals surface area contributed by atoms with Gasteiger partial charge in [0.2, 0.25) is 35.4 Å². The Morgan fingerprint density at radius 3 is 1.65 bits per heavy atom. The average Bonchev–Trinajstić information content (AvgIpc) is 3.12. The molecule has 15 N–H and O–H groups in total. The van der Waals surface area contributed by atoms with Crippen LogP contribution in [0.3, 0.4) is 0 Å². The van der Waals surface area contributed by atoms with Crippen molar-refractivity contribution < 1.29 is 48.9 Å². The van der Waals surface area contributed by atoms with Crippen LogP contribution in [-0.4, -0.2) is 118 Å². The predicted molar refractivity (Wildman–Crippen MR) is 211 cm³/mol. The van der Waals surface area contributed by atoms with E-state index in [1.807, 2.05) is 0 Å². The molecule has 0 bridgehead atoms. The number of hydrogen-bond donors (Lipinski definition) is 12. The van der Waals surface area contributed by atoms with Gasteiger partial charge in [0.1, 0.15) is 48.0 Å². The first kappa shape index (κ1) is 49.5. The number of aromatic hydroxyl groups is 1. The van der Waals surface area contributed by atoms with E-state index < -0.39 is 102 Å². The van der Waals surface area contributed by atoms with E-state index in [1.165, 1.54) is 31.2 Å². The number of guanidine groups is 1. The van der Waals surface area contributed by atoms with Gasteiger partial charge in [-0.2, -0.15) is 0 Å². The van der Waals surface area contributed by atoms with Crippen molar-refractivity contribution >= 4 is 47.4 Å². The number of phenolic OH excluding ortho intramolecular Hbond substituents is 1. The van der Waals surface area contributed by atoms with Crippen LogP contribution in [0.4, 0.5) is 0 Å². The number of rotatable bonds is 24. The van der Waals surface area contributed by atoms with Crippen LogP contribution < -0.4 is 49.1 Å². The maximum Gasteiger partial charge on any atom is 0.326 e. The van der Waals surface area contributed by atoms with E-state index in [9.17, 15) is 48.9 Å². The first-order valence-corrected chi connectivity index (χ1v) is 18.8. The fourth-order valence-electron chi connectivity index (χ4n) is 5.41. The van der Waals surface area contributed by atoms with Gasteiger partial charge in [0.15, 0.2) is 5.96 Å². The minimum absolute atomic E-state index is 0.0103. The lowest BCUT2D eigenvalue weighted by Gasteiger charge is -2.29. The first-order valence-electron chi connectivity index (χ1n) is 18.8. The van der Waals surface area contributed by atoms with E-state index >= 15 is 0 Å². The largest absolute Gasteiger partial charge is 0.508 e. The molecular formula is C37H62N10O10. The highest BCUT2D eigenvalue weighted by molar-refractivity contribution is 5.97. The van der Waals surface area contributed by atoms with Gasteiger partial charge in [-0.15, -0.1) is 0 Å². The van der Waals surface area contributed by atoms with Gasteiger partial charge < -0.3 is 64.4 Å². The zero-order chi connectivity index (χ0) is 43.6. The number of carboxylic acids is 1. The summed E-state index contributed by atoms with van der Waals surface area (Å²) in [5.74, 6) is -7.10. The molecule has 0 saturated heterocycles. The maximum atomic E-state index is 13.8. The van der Waals surface area contributed by atoms with Gasteiger partial charge in [0, 0.05) is 13.0 Å². The number of carboxylic acid groups (broad SMARTS) is 1. The molecule has 0 unspecified atom stereocenters. The molecule has 0 saturated carbocycles. The molecule has 0 radical (unpaired) electrons. The van der Waals surface area contributed by atoms with Crippen LogP contribution in [0.2, 0.25) is 0 Å². The van der Waals surface area contributed by atoms with Gasteiger partial charge in [0.05, 0.1) is 6.61 Å². The van der Waals surface area contributed by atoms with Crippen LogP contribution in [0, 0.1) is 17.8 Å². The van der Waals surface area contributed by atoms with Crippen molar-refractivity contribution in [2.75, 3.05) is 13.2 Å². The number of phenols is 1. The molecule has 0 spiro atoms. The predicted octanol–water partition coefficient (Wildman–Crippen LogP) is -2.32. The summed E-state index contributed by atoms with van der Waals surface area (Å²) in [6.45, 7) is 11.1. The van der Waals surface area contributed by atoms with Crippen molar-refractivity contribution in [2.24, 2.45) is 39.9 Å². The van der Waals surface area contributed by atoms with E-state index in [4.69, 9.17) is 17.2 Å². The second-order valence-corrected chi connectivity index (χ2v) is 15.0. The Hall–Kier alpha value is -5.50. The molecular weight excluding hydrogens is 744 g/mol. The molecule has 6 amide bonds. The third kappa shape index (κ3) is 17.9. The van der Waals surface area contributed by atoms with Gasteiger partial charge in [-0.1, -0.05) is 53.7 Å². The number of nitrogens with one attached hydrogen (secondary N) is 6. The third-order valence-corrected chi connectivity index (χ3v) is 8.69. The molecule has 0 aliphatic heterocycles. The minimum Gasteiger partial charge on any atom is -0.508 e. The zero-order valence-electron chi connectivity index (χ0n) is 33.7. The highest BCUT2D eigenvalue weighted by atomic mass is 16.4. The molecule has 0 fully saturated rings. The van der Waals surface area contributed by atoms with Crippen molar-refractivity contribution in [1.82, 2.24) is 31.9 Å². The summed E-state index contributed by atoms with van der Waals surface area (Å²) in [6.07, 6.45) is 0.294. The van der Waals surface area contributed by atoms with Gasteiger partial charge in [-0.3, -0.25) is 33.8 Å². The maximum absolute atomic E-state index is 13.8. The van der Waals surface area contributed by atoms with Crippen molar-refractivity contribution in [3.05, 3.63) is 29.8 Å². The van der Waals surface area contributed by atoms with E-state index in [-0.39, 0.29) is 49.9 Å². The summed E-state index contributed by atoms with van der Waals surface area (Å²) >= 11 is 0. The number of benzene rings is 1. The number of aliphatic carboxylic acids is 1. The van der Waals surface area contributed by atoms with Crippen LogP contribution in [0.25, 0.3) is 0 Å². The molecule has 320 valence electrons. The second-order valence-electron chi connectivity index (χ2n) is 15.0. The summed E-state index contributed by atoms with van der Waals surface area (Å²) in [4.78, 5) is 95.7. The second kappa shape index (κ2) is 24.2. The summed E-state index contributed by atoms with van der Waals surface area (Å²) in [5.41, 5.74) is 16.7. The highest BCUT2D eigenvalue weighted by Crippen LogP contribution is 2.14. The number of aliphatic imine (C=N–C) groups is 1. The van der Waals surface area contributed by atoms with Gasteiger partial charge >= 0.3 is 5.97 Å². The fraction of sp³-hybridized carbons (Fsp3) is 0.622. The Labute approximate surface area is 332 Å². The van der Waals surface area contributed by atoms with E-state index in [0.29, 0.717) is 5.56 Å². The van der Waals surface area contributed by atoms with E-state index in [2.05, 4.69) is 36.9 Å². The Morgan fingerprint density at radius 1 is 0.667 bits per heavy atom. The Morgan fingerprint density at radius 2 is 1.16 bits per heavy atom. The van der Waals surface area contributed by atoms with Crippen LogP contribution in [0.5, 0.6) is 5.75 Å². The molecule has 7 atom stereocenters. The van der Waals surface area contributed by atoms with Gasteiger partial charge in [-0.05, 0) is 61.6 Å². The number of aliphatic hydroxyl groups excluding tert-OH is 1. The normalized spacial score (nSPS) is 14.9. The molecule has 1 aromatic carbocycles. The fourth-order valence-corrected chi connectivity index (χ4v) is 5.41. The number of hydrogen-bond acceptors (Lipinski definition) is 11. The van der Waals surface area contributed by atoms with Crippen molar-refractivity contribution in [2.45, 2.75) is 116 Å². The lowest BCUT2D eigenvalue weighted by molar-refractivity contribution is -0.142. The molecule has 57 heavy (non-hydrogen) atoms. The summed E-state index contributed by atoms with van der Waals surface area (Å²) in [7, 11) is 0. The number of nitrogens with zero attached hydrogens (tertiary/aromatic N) is 1. The van der Waals surface area contributed by atoms with E-state index in [1.54, 1.807) is 41.5 Å². The average molecular weight is 807 g/mol. The van der Waals surface area contributed by atoms with Crippen molar-refractivity contribution in [1.29, 1.82) is 0 Å². The number of nitrogens with two attached hydrogens (primary N) is 3. The highest BCUT2D eigenvalue weighted by Gasteiger charge is 2.34. The molecule has 0 aliphatic rings. The Kier molecular flexibility index (Phi) is 21.0. The summed E-state index contributed by atoms with van der Waals surface area (Å²) in [6, 6.07) is -2.77. The molecule has 0 heterocycles. The molecule has 1 rings (SSSR count). The topological polar surface area (TPSA) is 343 Å². The van der Waals surface area contributed by atoms with Gasteiger partial charge in [0.25, 0.3) is 0 Å². The minimum atomic E-state index is -1.32. The molecule has 1 aromatic rings. The van der Waals surface area contributed by atoms with Crippen LogP contribution in [-0.2, 0) is 40.0 Å². The van der Waals surface area contributed by atoms with Crippen molar-refractivity contribution in [3.8, 4) is 5.75 Å². The lowest BCUT2D eigenvalue weighted by atomic mass is 9.98. The molecule has 20 nitrogen and oxygen atoms in total. The Balaban J connectivity index is 3.25. The molecule has 20 heteroatoms. The van der Waals surface area contributed by atoms with E-state index in [0.717, 1.165) is 0 Å². The Bertz CT molecular complexity index is 1550. The summed E-state index contributed by atoms with van der Waals surface area (Å²) < 4.78 is 0. The SMILES string of the molecule is CC(C)C[C@H](NC(=O)[C@H](C)NC(=O)[C@H](Cc1ccc(O)cc1)NC(=O)[C@@H](NC(=O)[C@@H](NC(=O)[C@@H](N)CO)C(C)C)C(C)C)C(=O)N[C@@H](CCCN=C(N)N)C(=O)O. The number of carbonyl (C=O) groups is 7. The molecule has 0 aliphatic carbocycles. The smallest absolute Gasteiger partial charge is 0.326 e. The first-order chi connectivity index (χ1) is 26.6. The number of amides is 6.